The number of hydrogen-bond acceptors (Lipinski definition) is 1. The second-order valence-corrected chi connectivity index (χ2v) is 3.75. The van der Waals surface area contributed by atoms with Crippen molar-refractivity contribution in [1.82, 2.24) is 5.32 Å². The second-order valence-electron chi connectivity index (χ2n) is 3.75. The molecule has 70 valence electrons. The number of rotatable bonds is 3. The molecule has 1 rings (SSSR count). The molecule has 0 bridgehead atoms. The summed E-state index contributed by atoms with van der Waals surface area (Å²) in [4.78, 5) is 11.1. The summed E-state index contributed by atoms with van der Waals surface area (Å²) in [5.74, 6) is 0.926. The molecule has 1 fully saturated rings. The fourth-order valence-electron chi connectivity index (χ4n) is 1.93. The summed E-state index contributed by atoms with van der Waals surface area (Å²) in [7, 11) is 0. The zero-order valence-corrected chi connectivity index (χ0v) is 8.10. The Bertz CT molecular complexity index is 150. The van der Waals surface area contributed by atoms with Crippen LogP contribution in [-0.4, -0.2) is 11.9 Å². The van der Waals surface area contributed by atoms with Crippen LogP contribution >= 0.6 is 0 Å². The minimum Gasteiger partial charge on any atom is -0.353 e. The summed E-state index contributed by atoms with van der Waals surface area (Å²) < 4.78 is 0. The van der Waals surface area contributed by atoms with Crippen molar-refractivity contribution < 1.29 is 4.79 Å². The van der Waals surface area contributed by atoms with Gasteiger partial charge in [0.15, 0.2) is 0 Å². The Hall–Kier alpha value is -0.530. The first-order valence-corrected chi connectivity index (χ1v) is 5.03. The van der Waals surface area contributed by atoms with Crippen LogP contribution in [0.15, 0.2) is 0 Å². The molecule has 0 aliphatic heterocycles. The van der Waals surface area contributed by atoms with Crippen LogP contribution in [0.25, 0.3) is 0 Å². The van der Waals surface area contributed by atoms with Gasteiger partial charge in [0.1, 0.15) is 0 Å². The molecule has 1 N–H and O–H groups in total. The van der Waals surface area contributed by atoms with Gasteiger partial charge in [-0.1, -0.05) is 19.8 Å². The van der Waals surface area contributed by atoms with Crippen LogP contribution in [0, 0.1) is 5.92 Å². The molecule has 2 heteroatoms. The fraction of sp³-hybridized carbons (Fsp3) is 0.900. The monoisotopic (exact) mass is 169 g/mol. The average molecular weight is 169 g/mol. The van der Waals surface area contributed by atoms with Crippen LogP contribution in [0.3, 0.4) is 0 Å². The number of nitrogens with one attached hydrogen (secondary N) is 1. The summed E-state index contributed by atoms with van der Waals surface area (Å²) >= 11 is 0. The third-order valence-corrected chi connectivity index (χ3v) is 2.82. The quantitative estimate of drug-likeness (QED) is 0.688. The minimum absolute atomic E-state index is 0.189. The van der Waals surface area contributed by atoms with Crippen molar-refractivity contribution in [3.8, 4) is 0 Å². The van der Waals surface area contributed by atoms with Gasteiger partial charge in [-0.2, -0.15) is 0 Å². The summed E-state index contributed by atoms with van der Waals surface area (Å²) in [6.45, 7) is 4.03. The van der Waals surface area contributed by atoms with E-state index < -0.39 is 0 Å². The molecule has 12 heavy (non-hydrogen) atoms. The molecule has 2 nitrogen and oxygen atoms in total. The van der Waals surface area contributed by atoms with Crippen molar-refractivity contribution >= 4 is 5.91 Å². The van der Waals surface area contributed by atoms with Gasteiger partial charge in [0.2, 0.25) is 5.91 Å². The van der Waals surface area contributed by atoms with E-state index in [4.69, 9.17) is 0 Å². The van der Waals surface area contributed by atoms with Gasteiger partial charge < -0.3 is 5.32 Å². The lowest BCUT2D eigenvalue weighted by atomic mass is 10.00. The molecule has 0 aromatic heterocycles. The van der Waals surface area contributed by atoms with E-state index >= 15 is 0 Å². The molecule has 1 aliphatic rings. The summed E-state index contributed by atoms with van der Waals surface area (Å²) in [6.07, 6.45) is 5.89. The largest absolute Gasteiger partial charge is 0.353 e. The Morgan fingerprint density at radius 1 is 1.50 bits per heavy atom. The number of amides is 1. The van der Waals surface area contributed by atoms with Gasteiger partial charge in [0.25, 0.3) is 0 Å². The molecular weight excluding hydrogens is 150 g/mol. The number of carbonyl (C=O) groups excluding carboxylic acids is 1. The Kier molecular flexibility index (Phi) is 3.57. The Morgan fingerprint density at radius 2 is 2.08 bits per heavy atom. The molecule has 1 saturated carbocycles. The van der Waals surface area contributed by atoms with Gasteiger partial charge >= 0.3 is 0 Å². The first kappa shape index (κ1) is 9.56. The second kappa shape index (κ2) is 4.48. The van der Waals surface area contributed by atoms with Gasteiger partial charge in [-0.15, -0.1) is 0 Å². The summed E-state index contributed by atoms with van der Waals surface area (Å²) in [5.41, 5.74) is 0. The molecule has 1 atom stereocenters. The molecule has 0 aromatic carbocycles. The highest BCUT2D eigenvalue weighted by atomic mass is 16.1. The van der Waals surface area contributed by atoms with Gasteiger partial charge in [-0.25, -0.2) is 0 Å². The first-order valence-electron chi connectivity index (χ1n) is 5.03. The topological polar surface area (TPSA) is 29.1 Å². The molecule has 0 heterocycles. The third-order valence-electron chi connectivity index (χ3n) is 2.82. The van der Waals surface area contributed by atoms with Crippen LogP contribution in [0.1, 0.15) is 46.0 Å². The molecule has 1 amide bonds. The minimum atomic E-state index is 0.189. The van der Waals surface area contributed by atoms with E-state index in [-0.39, 0.29) is 5.91 Å². The molecule has 1 aliphatic carbocycles. The maximum absolute atomic E-state index is 11.1. The van der Waals surface area contributed by atoms with Crippen LogP contribution in [0.4, 0.5) is 0 Å². The van der Waals surface area contributed by atoms with Crippen molar-refractivity contribution in [2.45, 2.75) is 52.0 Å². The van der Waals surface area contributed by atoms with Crippen molar-refractivity contribution in [2.24, 2.45) is 5.92 Å². The van der Waals surface area contributed by atoms with Crippen molar-refractivity contribution in [3.63, 3.8) is 0 Å². The maximum Gasteiger partial charge on any atom is 0.219 e. The normalized spacial score (nSPS) is 20.8. The van der Waals surface area contributed by atoms with E-state index in [0.717, 1.165) is 5.92 Å². The lowest BCUT2D eigenvalue weighted by Crippen LogP contribution is -2.36. The number of carbonyl (C=O) groups is 1. The first-order chi connectivity index (χ1) is 5.74. The average Bonchev–Trinajstić information content (AvgIpc) is 2.56. The Morgan fingerprint density at radius 3 is 2.58 bits per heavy atom. The smallest absolute Gasteiger partial charge is 0.219 e. The van der Waals surface area contributed by atoms with E-state index in [1.165, 1.54) is 25.7 Å². The van der Waals surface area contributed by atoms with Gasteiger partial charge in [0.05, 0.1) is 0 Å². The predicted molar refractivity (Wildman–Crippen MR) is 49.9 cm³/mol. The lowest BCUT2D eigenvalue weighted by molar-refractivity contribution is -0.121. The van der Waals surface area contributed by atoms with E-state index in [9.17, 15) is 4.79 Å². The van der Waals surface area contributed by atoms with Crippen molar-refractivity contribution in [2.75, 3.05) is 0 Å². The van der Waals surface area contributed by atoms with Gasteiger partial charge in [-0.3, -0.25) is 4.79 Å². The number of hydrogen-bond donors (Lipinski definition) is 1. The summed E-state index contributed by atoms with van der Waals surface area (Å²) in [5, 5.41) is 3.03. The maximum atomic E-state index is 11.1. The fourth-order valence-corrected chi connectivity index (χ4v) is 1.93. The molecule has 0 radical (unpaired) electrons. The van der Waals surface area contributed by atoms with Crippen molar-refractivity contribution in [3.05, 3.63) is 0 Å². The van der Waals surface area contributed by atoms with Crippen molar-refractivity contribution in [1.29, 1.82) is 0 Å². The lowest BCUT2D eigenvalue weighted by Gasteiger charge is -2.19. The molecular formula is C10H19NO. The Balaban J connectivity index is 2.26. The van der Waals surface area contributed by atoms with Crippen LogP contribution in [0.5, 0.6) is 0 Å². The SMILES string of the molecule is CCC(=O)N[C@@H](C)C1CCCC1. The molecule has 0 aromatic rings. The van der Waals surface area contributed by atoms with Crippen LogP contribution in [0.2, 0.25) is 0 Å². The zero-order chi connectivity index (χ0) is 8.97. The highest BCUT2D eigenvalue weighted by molar-refractivity contribution is 5.75. The van der Waals surface area contributed by atoms with E-state index in [1.54, 1.807) is 0 Å². The van der Waals surface area contributed by atoms with Gasteiger partial charge in [-0.05, 0) is 25.7 Å². The summed E-state index contributed by atoms with van der Waals surface area (Å²) in [6, 6.07) is 0.389. The zero-order valence-electron chi connectivity index (χ0n) is 8.10. The Labute approximate surface area is 74.7 Å². The van der Waals surface area contributed by atoms with E-state index in [0.29, 0.717) is 12.5 Å². The standard InChI is InChI=1S/C10H19NO/c1-3-10(12)11-8(2)9-6-4-5-7-9/h8-9H,3-7H2,1-2H3,(H,11,12)/t8-/m0/s1. The molecule has 0 spiro atoms. The van der Waals surface area contributed by atoms with Crippen LogP contribution < -0.4 is 5.32 Å². The molecule has 0 saturated heterocycles. The van der Waals surface area contributed by atoms with E-state index in [2.05, 4.69) is 12.2 Å². The van der Waals surface area contributed by atoms with Gasteiger partial charge in [0, 0.05) is 12.5 Å². The highest BCUT2D eigenvalue weighted by Gasteiger charge is 2.21. The third kappa shape index (κ3) is 2.50. The van der Waals surface area contributed by atoms with E-state index in [1.807, 2.05) is 6.92 Å². The highest BCUT2D eigenvalue weighted by Crippen LogP contribution is 2.27. The van der Waals surface area contributed by atoms with Crippen LogP contribution in [-0.2, 0) is 4.79 Å². The predicted octanol–water partition coefficient (Wildman–Crippen LogP) is 2.09. The molecule has 0 unspecified atom stereocenters.